The highest BCUT2D eigenvalue weighted by Crippen LogP contribution is 2.39. The van der Waals surface area contributed by atoms with E-state index < -0.39 is 22.8 Å². The van der Waals surface area contributed by atoms with Gasteiger partial charge in [0.1, 0.15) is 0 Å². The molecule has 0 aromatic heterocycles. The van der Waals surface area contributed by atoms with Crippen LogP contribution >= 0.6 is 0 Å². The number of carboxylic acid groups (broad SMARTS) is 2. The molecule has 0 spiro atoms. The second-order valence-corrected chi connectivity index (χ2v) is 12.2. The lowest BCUT2D eigenvalue weighted by Gasteiger charge is -2.35. The van der Waals surface area contributed by atoms with E-state index in [0.29, 0.717) is 18.3 Å². The van der Waals surface area contributed by atoms with E-state index in [1.54, 1.807) is 20.8 Å². The highest BCUT2D eigenvalue weighted by Gasteiger charge is 2.39. The number of carbonyl (C=O) groups is 2. The number of rotatable bonds is 18. The molecule has 0 amide bonds. The average molecular weight is 534 g/mol. The van der Waals surface area contributed by atoms with E-state index in [4.69, 9.17) is 0 Å². The minimum absolute atomic E-state index is 0.0564. The van der Waals surface area contributed by atoms with E-state index in [1.807, 2.05) is 6.07 Å². The number of hydrogen-bond acceptors (Lipinski definition) is 3. The van der Waals surface area contributed by atoms with Crippen molar-refractivity contribution in [1.82, 2.24) is 0 Å². The summed E-state index contributed by atoms with van der Waals surface area (Å²) in [6.07, 6.45) is 11.1. The van der Waals surface area contributed by atoms with Crippen molar-refractivity contribution in [3.63, 3.8) is 0 Å². The standard InChI is InChI=1S/C35H50O4/c1-6-28(29-18-9-7-10-19-29)22-13-16-27(2)17-14-23-31(30-20-11-8-12-21-30)24-15-25-35(5,33(38)39)26-34(3,4)32(36)37/h7-12,16,18-21,28,31H,6,13-15,17,22-26H2,1-5H3,(H,36,37)(H,38,39)/p-1/b27-16+. The highest BCUT2D eigenvalue weighted by atomic mass is 16.4. The quantitative estimate of drug-likeness (QED) is 0.196. The maximum Gasteiger partial charge on any atom is 0.309 e. The molecule has 0 bridgehead atoms. The number of allylic oxidation sites excluding steroid dienone is 2. The van der Waals surface area contributed by atoms with Crippen LogP contribution in [-0.2, 0) is 9.59 Å². The van der Waals surface area contributed by atoms with Crippen LogP contribution in [0, 0.1) is 10.8 Å². The van der Waals surface area contributed by atoms with Crippen LogP contribution in [0.2, 0.25) is 0 Å². The van der Waals surface area contributed by atoms with Crippen LogP contribution in [0.3, 0.4) is 0 Å². The van der Waals surface area contributed by atoms with Crippen molar-refractivity contribution in [1.29, 1.82) is 0 Å². The molecule has 0 fully saturated rings. The predicted octanol–water partition coefficient (Wildman–Crippen LogP) is 8.29. The Hall–Kier alpha value is -2.88. The Bertz CT molecular complexity index is 1040. The Morgan fingerprint density at radius 3 is 1.92 bits per heavy atom. The van der Waals surface area contributed by atoms with Gasteiger partial charge >= 0.3 is 5.97 Å². The van der Waals surface area contributed by atoms with Crippen molar-refractivity contribution in [3.8, 4) is 0 Å². The Balaban J connectivity index is 1.93. The molecule has 0 aliphatic carbocycles. The summed E-state index contributed by atoms with van der Waals surface area (Å²) in [5, 5.41) is 21.5. The molecule has 2 rings (SSSR count). The first kappa shape index (κ1) is 32.3. The van der Waals surface area contributed by atoms with Crippen molar-refractivity contribution >= 4 is 11.9 Å². The Morgan fingerprint density at radius 1 is 0.872 bits per heavy atom. The molecule has 0 aliphatic heterocycles. The number of aliphatic carboxylic acids is 2. The highest BCUT2D eigenvalue weighted by molar-refractivity contribution is 5.77. The van der Waals surface area contributed by atoms with E-state index >= 15 is 0 Å². The van der Waals surface area contributed by atoms with Crippen molar-refractivity contribution in [3.05, 3.63) is 83.4 Å². The molecule has 0 heterocycles. The lowest BCUT2D eigenvalue weighted by molar-refractivity contribution is -0.318. The van der Waals surface area contributed by atoms with Crippen LogP contribution in [-0.4, -0.2) is 17.0 Å². The Kier molecular flexibility index (Phi) is 13.0. The zero-order chi connectivity index (χ0) is 28.9. The molecule has 2 aromatic rings. The fourth-order valence-electron chi connectivity index (χ4n) is 5.85. The molecule has 0 saturated carbocycles. The van der Waals surface area contributed by atoms with Crippen LogP contribution in [0.15, 0.2) is 72.3 Å². The van der Waals surface area contributed by atoms with Gasteiger partial charge in [-0.25, -0.2) is 0 Å². The van der Waals surface area contributed by atoms with Crippen LogP contribution in [0.25, 0.3) is 0 Å². The van der Waals surface area contributed by atoms with Crippen LogP contribution in [0.4, 0.5) is 0 Å². The van der Waals surface area contributed by atoms with E-state index in [1.165, 1.54) is 23.1 Å². The first-order valence-electron chi connectivity index (χ1n) is 14.7. The van der Waals surface area contributed by atoms with Crippen LogP contribution < -0.4 is 5.11 Å². The molecule has 214 valence electrons. The monoisotopic (exact) mass is 533 g/mol. The molecular formula is C35H49O4-. The van der Waals surface area contributed by atoms with Crippen molar-refractivity contribution in [2.45, 2.75) is 111 Å². The number of carbonyl (C=O) groups excluding carboxylic acids is 1. The smallest absolute Gasteiger partial charge is 0.309 e. The van der Waals surface area contributed by atoms with Gasteiger partial charge in [-0.15, -0.1) is 0 Å². The van der Waals surface area contributed by atoms with Gasteiger partial charge in [0.25, 0.3) is 0 Å². The normalized spacial score (nSPS) is 15.4. The Labute approximate surface area is 236 Å². The number of carboxylic acids is 2. The Morgan fingerprint density at radius 2 is 1.41 bits per heavy atom. The van der Waals surface area contributed by atoms with Crippen molar-refractivity contribution in [2.24, 2.45) is 10.8 Å². The third-order valence-electron chi connectivity index (χ3n) is 8.35. The second kappa shape index (κ2) is 15.6. The molecule has 4 heteroatoms. The summed E-state index contributed by atoms with van der Waals surface area (Å²) in [4.78, 5) is 23.7. The van der Waals surface area contributed by atoms with Gasteiger partial charge < -0.3 is 15.0 Å². The molecule has 0 aliphatic rings. The van der Waals surface area contributed by atoms with E-state index in [0.717, 1.165) is 44.9 Å². The minimum atomic E-state index is -1.20. The largest absolute Gasteiger partial charge is 0.550 e. The van der Waals surface area contributed by atoms with Gasteiger partial charge in [0.2, 0.25) is 0 Å². The van der Waals surface area contributed by atoms with E-state index in [9.17, 15) is 19.8 Å². The summed E-state index contributed by atoms with van der Waals surface area (Å²) in [7, 11) is 0. The first-order valence-corrected chi connectivity index (χ1v) is 14.7. The molecule has 2 aromatic carbocycles. The molecule has 0 radical (unpaired) electrons. The van der Waals surface area contributed by atoms with Gasteiger partial charge in [-0.3, -0.25) is 4.79 Å². The molecule has 0 saturated heterocycles. The fraction of sp³-hybridized carbons (Fsp3) is 0.543. The third kappa shape index (κ3) is 10.7. The maximum atomic E-state index is 12.1. The summed E-state index contributed by atoms with van der Waals surface area (Å²) >= 11 is 0. The van der Waals surface area contributed by atoms with Crippen LogP contribution in [0.5, 0.6) is 0 Å². The molecule has 4 nitrogen and oxygen atoms in total. The van der Waals surface area contributed by atoms with Gasteiger partial charge in [0.15, 0.2) is 0 Å². The average Bonchev–Trinajstić information content (AvgIpc) is 2.91. The number of hydrogen-bond donors (Lipinski definition) is 1. The zero-order valence-corrected chi connectivity index (χ0v) is 24.7. The molecular weight excluding hydrogens is 484 g/mol. The molecule has 1 N–H and O–H groups in total. The van der Waals surface area contributed by atoms with E-state index in [-0.39, 0.29) is 6.42 Å². The zero-order valence-electron chi connectivity index (χ0n) is 24.7. The summed E-state index contributed by atoms with van der Waals surface area (Å²) in [6, 6.07) is 21.3. The molecule has 3 atom stereocenters. The summed E-state index contributed by atoms with van der Waals surface area (Å²) < 4.78 is 0. The van der Waals surface area contributed by atoms with Gasteiger partial charge in [-0.1, -0.05) is 99.5 Å². The third-order valence-corrected chi connectivity index (χ3v) is 8.35. The fourth-order valence-corrected chi connectivity index (χ4v) is 5.85. The minimum Gasteiger partial charge on any atom is -0.550 e. The van der Waals surface area contributed by atoms with Gasteiger partial charge in [0.05, 0.1) is 5.41 Å². The van der Waals surface area contributed by atoms with Crippen LogP contribution in [0.1, 0.15) is 122 Å². The summed E-state index contributed by atoms with van der Waals surface area (Å²) in [5.41, 5.74) is 1.88. The molecule has 39 heavy (non-hydrogen) atoms. The predicted molar refractivity (Wildman–Crippen MR) is 158 cm³/mol. The van der Waals surface area contributed by atoms with Gasteiger partial charge in [-0.2, -0.15) is 0 Å². The first-order chi connectivity index (χ1) is 18.5. The molecule has 3 unspecified atom stereocenters. The van der Waals surface area contributed by atoms with Crippen molar-refractivity contribution < 1.29 is 19.8 Å². The SMILES string of the molecule is CCC(CC/C=C(\C)CCCC(CCCC(C)(CC(C)(C)C(=O)[O-])C(=O)O)c1ccccc1)c1ccccc1. The van der Waals surface area contributed by atoms with Gasteiger partial charge in [0, 0.05) is 11.4 Å². The maximum absolute atomic E-state index is 12.1. The van der Waals surface area contributed by atoms with E-state index in [2.05, 4.69) is 74.5 Å². The summed E-state index contributed by atoms with van der Waals surface area (Å²) in [6.45, 7) is 9.28. The number of benzene rings is 2. The van der Waals surface area contributed by atoms with Crippen molar-refractivity contribution in [2.75, 3.05) is 0 Å². The summed E-state index contributed by atoms with van der Waals surface area (Å²) in [5.74, 6) is -1.18. The second-order valence-electron chi connectivity index (χ2n) is 12.2. The lowest BCUT2D eigenvalue weighted by Crippen LogP contribution is -2.43. The van der Waals surface area contributed by atoms with Gasteiger partial charge in [-0.05, 0) is 94.6 Å². The topological polar surface area (TPSA) is 77.4 Å². The lowest BCUT2D eigenvalue weighted by atomic mass is 9.71.